The summed E-state index contributed by atoms with van der Waals surface area (Å²) in [5.74, 6) is -1.33. The molecule has 0 radical (unpaired) electrons. The highest BCUT2D eigenvalue weighted by molar-refractivity contribution is 7.87. The Labute approximate surface area is 226 Å². The van der Waals surface area contributed by atoms with Gasteiger partial charge in [0.25, 0.3) is 5.91 Å². The zero-order chi connectivity index (χ0) is 28.0. The molecule has 4 rings (SSSR count). The number of nitrogens with zero attached hydrogens (tertiary/aromatic N) is 1. The molecule has 3 aromatic rings. The van der Waals surface area contributed by atoms with Gasteiger partial charge in [-0.05, 0) is 66.9 Å². The molecule has 2 amide bonds. The standard InChI is InChI=1S/C28H29FN2O7S/c1-19(32)30-21-10-12-23(13-11-21)39(34,35)38-27-16-20(9-14-26(27)36-2)17-31(18-22-6-5-15-37-22)28(33)24-7-3-4-8-25(24)29/h3-4,7-14,16,22H,5-6,15,17-18H2,1-2H3,(H,30,32)/t22-/m1/s1. The largest absolute Gasteiger partial charge is 0.493 e. The van der Waals surface area contributed by atoms with Crippen LogP contribution < -0.4 is 14.2 Å². The highest BCUT2D eigenvalue weighted by Crippen LogP contribution is 2.32. The lowest BCUT2D eigenvalue weighted by Gasteiger charge is -2.26. The second-order valence-corrected chi connectivity index (χ2v) is 10.6. The molecule has 3 aromatic carbocycles. The molecule has 1 atom stereocenters. The van der Waals surface area contributed by atoms with Crippen molar-refractivity contribution < 1.29 is 36.1 Å². The van der Waals surface area contributed by atoms with Crippen LogP contribution in [0.5, 0.6) is 11.5 Å². The lowest BCUT2D eigenvalue weighted by atomic mass is 10.1. The molecule has 11 heteroatoms. The minimum atomic E-state index is -4.26. The maximum absolute atomic E-state index is 14.4. The Morgan fingerprint density at radius 3 is 2.46 bits per heavy atom. The number of methoxy groups -OCH3 is 1. The average molecular weight is 557 g/mol. The van der Waals surface area contributed by atoms with Crippen molar-refractivity contribution in [3.63, 3.8) is 0 Å². The molecule has 1 aliphatic rings. The first kappa shape index (κ1) is 28.1. The van der Waals surface area contributed by atoms with Crippen LogP contribution in [-0.4, -0.2) is 51.5 Å². The maximum Gasteiger partial charge on any atom is 0.339 e. The number of hydrogen-bond acceptors (Lipinski definition) is 7. The Morgan fingerprint density at radius 1 is 1.08 bits per heavy atom. The van der Waals surface area contributed by atoms with Crippen molar-refractivity contribution in [3.8, 4) is 11.5 Å². The Bertz CT molecular complexity index is 1440. The van der Waals surface area contributed by atoms with Gasteiger partial charge in [0, 0.05) is 32.3 Å². The minimum absolute atomic E-state index is 0.0544. The summed E-state index contributed by atoms with van der Waals surface area (Å²) in [4.78, 5) is 25.9. The molecule has 0 aromatic heterocycles. The van der Waals surface area contributed by atoms with Gasteiger partial charge in [-0.3, -0.25) is 9.59 Å². The van der Waals surface area contributed by atoms with Gasteiger partial charge >= 0.3 is 10.1 Å². The molecule has 0 aliphatic carbocycles. The second kappa shape index (κ2) is 12.3. The number of nitrogens with one attached hydrogen (secondary N) is 1. The van der Waals surface area contributed by atoms with Gasteiger partial charge in [0.1, 0.15) is 10.7 Å². The van der Waals surface area contributed by atoms with Gasteiger partial charge in [-0.1, -0.05) is 18.2 Å². The molecule has 0 bridgehead atoms. The Morgan fingerprint density at radius 2 is 1.82 bits per heavy atom. The third kappa shape index (κ3) is 7.12. The van der Waals surface area contributed by atoms with Crippen molar-refractivity contribution in [2.45, 2.75) is 37.3 Å². The quantitative estimate of drug-likeness (QED) is 0.369. The van der Waals surface area contributed by atoms with E-state index >= 15 is 0 Å². The molecule has 1 fully saturated rings. The molecule has 0 saturated carbocycles. The molecule has 1 aliphatic heterocycles. The molecule has 0 unspecified atom stereocenters. The molecule has 206 valence electrons. The fraction of sp³-hybridized carbons (Fsp3) is 0.286. The van der Waals surface area contributed by atoms with Crippen molar-refractivity contribution in [2.24, 2.45) is 0 Å². The van der Waals surface area contributed by atoms with Crippen LogP contribution in [-0.2, 0) is 26.2 Å². The van der Waals surface area contributed by atoms with E-state index < -0.39 is 21.8 Å². The van der Waals surface area contributed by atoms with Gasteiger partial charge in [-0.25, -0.2) is 4.39 Å². The topological polar surface area (TPSA) is 111 Å². The number of carbonyl (C=O) groups is 2. The van der Waals surface area contributed by atoms with E-state index in [9.17, 15) is 22.4 Å². The monoisotopic (exact) mass is 556 g/mol. The van der Waals surface area contributed by atoms with Crippen LogP contribution in [0.4, 0.5) is 10.1 Å². The van der Waals surface area contributed by atoms with Crippen LogP contribution in [0.15, 0.2) is 71.6 Å². The zero-order valence-corrected chi connectivity index (χ0v) is 22.4. The first-order chi connectivity index (χ1) is 18.7. The van der Waals surface area contributed by atoms with Crippen LogP contribution in [0.1, 0.15) is 35.7 Å². The summed E-state index contributed by atoms with van der Waals surface area (Å²) in [5, 5.41) is 2.57. The van der Waals surface area contributed by atoms with E-state index in [1.165, 1.54) is 73.5 Å². The lowest BCUT2D eigenvalue weighted by molar-refractivity contribution is -0.114. The summed E-state index contributed by atoms with van der Waals surface area (Å²) < 4.78 is 56.9. The number of amides is 2. The minimum Gasteiger partial charge on any atom is -0.493 e. The molecular weight excluding hydrogens is 527 g/mol. The van der Waals surface area contributed by atoms with Crippen molar-refractivity contribution in [1.29, 1.82) is 0 Å². The van der Waals surface area contributed by atoms with Gasteiger partial charge < -0.3 is 23.9 Å². The average Bonchev–Trinajstić information content (AvgIpc) is 3.41. The highest BCUT2D eigenvalue weighted by Gasteiger charge is 2.26. The van der Waals surface area contributed by atoms with E-state index in [0.717, 1.165) is 12.8 Å². The molecule has 39 heavy (non-hydrogen) atoms. The molecule has 1 saturated heterocycles. The van der Waals surface area contributed by atoms with Crippen molar-refractivity contribution in [3.05, 3.63) is 83.7 Å². The van der Waals surface area contributed by atoms with Crippen molar-refractivity contribution in [1.82, 2.24) is 4.90 Å². The Kier molecular flexibility index (Phi) is 8.82. The molecular formula is C28H29FN2O7S. The second-order valence-electron chi connectivity index (χ2n) is 9.03. The van der Waals surface area contributed by atoms with E-state index in [1.54, 1.807) is 12.1 Å². The van der Waals surface area contributed by atoms with Crippen LogP contribution in [0.3, 0.4) is 0 Å². The number of hydrogen-bond donors (Lipinski definition) is 1. The van der Waals surface area contributed by atoms with Crippen LogP contribution in [0, 0.1) is 5.82 Å². The fourth-order valence-electron chi connectivity index (χ4n) is 4.24. The summed E-state index contributed by atoms with van der Waals surface area (Å²) in [7, 11) is -2.89. The predicted octanol–water partition coefficient (Wildman–Crippen LogP) is 4.38. The molecule has 1 N–H and O–H groups in total. The van der Waals surface area contributed by atoms with Crippen molar-refractivity contribution >= 4 is 27.6 Å². The van der Waals surface area contributed by atoms with Gasteiger partial charge in [0.15, 0.2) is 11.5 Å². The van der Waals surface area contributed by atoms with Crippen molar-refractivity contribution in [2.75, 3.05) is 25.6 Å². The first-order valence-corrected chi connectivity index (χ1v) is 13.7. The van der Waals surface area contributed by atoms with Gasteiger partial charge in [0.05, 0.1) is 18.8 Å². The highest BCUT2D eigenvalue weighted by atomic mass is 32.2. The SMILES string of the molecule is COc1ccc(CN(C[C@H]2CCCO2)C(=O)c2ccccc2F)cc1OS(=O)(=O)c1ccc(NC(C)=O)cc1. The summed E-state index contributed by atoms with van der Waals surface area (Å²) in [6, 6.07) is 16.0. The number of carbonyl (C=O) groups excluding carboxylic acids is 2. The summed E-state index contributed by atoms with van der Waals surface area (Å²) in [6.07, 6.45) is 1.46. The zero-order valence-electron chi connectivity index (χ0n) is 21.6. The fourth-order valence-corrected chi connectivity index (χ4v) is 5.17. The maximum atomic E-state index is 14.4. The van der Waals surface area contributed by atoms with Crippen LogP contribution in [0.2, 0.25) is 0 Å². The number of rotatable bonds is 10. The van der Waals surface area contributed by atoms with E-state index in [0.29, 0.717) is 17.9 Å². The van der Waals surface area contributed by atoms with Gasteiger partial charge in [-0.2, -0.15) is 8.42 Å². The number of anilines is 1. The lowest BCUT2D eigenvalue weighted by Crippen LogP contribution is -2.37. The number of halogens is 1. The molecule has 0 spiro atoms. The van der Waals surface area contributed by atoms with E-state index in [4.69, 9.17) is 13.7 Å². The van der Waals surface area contributed by atoms with E-state index in [2.05, 4.69) is 5.32 Å². The molecule has 9 nitrogen and oxygen atoms in total. The Hall–Kier alpha value is -3.96. The number of ether oxygens (including phenoxy) is 2. The normalized spacial score (nSPS) is 15.0. The summed E-state index contributed by atoms with van der Waals surface area (Å²) >= 11 is 0. The summed E-state index contributed by atoms with van der Waals surface area (Å²) in [5.41, 5.74) is 0.919. The van der Waals surface area contributed by atoms with Crippen LogP contribution >= 0.6 is 0 Å². The van der Waals surface area contributed by atoms with Gasteiger partial charge in [-0.15, -0.1) is 0 Å². The van der Waals surface area contributed by atoms with E-state index in [-0.39, 0.29) is 47.1 Å². The van der Waals surface area contributed by atoms with Crippen LogP contribution in [0.25, 0.3) is 0 Å². The summed E-state index contributed by atoms with van der Waals surface area (Å²) in [6.45, 7) is 2.24. The van der Waals surface area contributed by atoms with Gasteiger partial charge in [0.2, 0.25) is 5.91 Å². The van der Waals surface area contributed by atoms with E-state index in [1.807, 2.05) is 0 Å². The smallest absolute Gasteiger partial charge is 0.339 e. The predicted molar refractivity (Wildman–Crippen MR) is 142 cm³/mol. The third-order valence-electron chi connectivity index (χ3n) is 6.10. The molecule has 1 heterocycles. The first-order valence-electron chi connectivity index (χ1n) is 12.3. The number of benzene rings is 3. The Balaban J connectivity index is 1.59. The third-order valence-corrected chi connectivity index (χ3v) is 7.35.